The second kappa shape index (κ2) is 5.60. The Labute approximate surface area is 122 Å². The largest absolute Gasteiger partial charge is 0.451 e. The lowest BCUT2D eigenvalue weighted by Gasteiger charge is -2.19. The number of aromatic nitrogens is 1. The van der Waals surface area contributed by atoms with Gasteiger partial charge in [-0.1, -0.05) is 18.2 Å². The van der Waals surface area contributed by atoms with Gasteiger partial charge in [0.1, 0.15) is 5.69 Å². The summed E-state index contributed by atoms with van der Waals surface area (Å²) < 4.78 is 5.12. The van der Waals surface area contributed by atoms with E-state index in [1.807, 2.05) is 31.2 Å². The quantitative estimate of drug-likeness (QED) is 0.858. The maximum absolute atomic E-state index is 12.0. The molecule has 1 amide bonds. The molecule has 0 bridgehead atoms. The summed E-state index contributed by atoms with van der Waals surface area (Å²) in [4.78, 5) is 28.8. The average molecular weight is 286 g/mol. The lowest BCUT2D eigenvalue weighted by Crippen LogP contribution is -2.36. The first-order valence-electron chi connectivity index (χ1n) is 7.23. The molecule has 110 valence electrons. The Bertz CT molecular complexity index is 640. The fraction of sp³-hybridized carbons (Fsp3) is 0.375. The van der Waals surface area contributed by atoms with E-state index in [1.54, 1.807) is 11.0 Å². The summed E-state index contributed by atoms with van der Waals surface area (Å²) in [7, 11) is 0. The van der Waals surface area contributed by atoms with Crippen molar-refractivity contribution in [2.75, 3.05) is 13.2 Å². The van der Waals surface area contributed by atoms with Gasteiger partial charge in [0.2, 0.25) is 0 Å². The Balaban J connectivity index is 1.62. The zero-order chi connectivity index (χ0) is 14.8. The van der Waals surface area contributed by atoms with Crippen molar-refractivity contribution < 1.29 is 14.3 Å². The Morgan fingerprint density at radius 1 is 1.33 bits per heavy atom. The van der Waals surface area contributed by atoms with E-state index in [0.29, 0.717) is 18.3 Å². The molecule has 1 heterocycles. The van der Waals surface area contributed by atoms with Gasteiger partial charge in [0, 0.05) is 23.5 Å². The van der Waals surface area contributed by atoms with E-state index >= 15 is 0 Å². The monoisotopic (exact) mass is 286 g/mol. The normalized spacial score (nSPS) is 14.1. The summed E-state index contributed by atoms with van der Waals surface area (Å²) in [6.45, 7) is 2.40. The zero-order valence-electron chi connectivity index (χ0n) is 12.0. The van der Waals surface area contributed by atoms with Crippen LogP contribution in [-0.2, 0) is 9.53 Å². The van der Waals surface area contributed by atoms with Gasteiger partial charge in [-0.05, 0) is 31.9 Å². The molecule has 1 aromatic heterocycles. The van der Waals surface area contributed by atoms with Crippen LogP contribution in [0, 0.1) is 0 Å². The molecule has 3 rings (SSSR count). The molecule has 0 spiro atoms. The minimum atomic E-state index is -0.494. The third-order valence-corrected chi connectivity index (χ3v) is 3.73. The van der Waals surface area contributed by atoms with E-state index < -0.39 is 5.97 Å². The van der Waals surface area contributed by atoms with Crippen molar-refractivity contribution in [3.63, 3.8) is 0 Å². The predicted molar refractivity (Wildman–Crippen MR) is 79.0 cm³/mol. The zero-order valence-corrected chi connectivity index (χ0v) is 12.0. The summed E-state index contributed by atoms with van der Waals surface area (Å²) in [6, 6.07) is 9.69. The molecule has 1 N–H and O–H groups in total. The molecule has 2 aromatic rings. The Morgan fingerprint density at radius 3 is 2.76 bits per heavy atom. The topological polar surface area (TPSA) is 62.4 Å². The van der Waals surface area contributed by atoms with E-state index in [2.05, 4.69) is 4.98 Å². The van der Waals surface area contributed by atoms with Gasteiger partial charge in [0.15, 0.2) is 6.61 Å². The third-order valence-electron chi connectivity index (χ3n) is 3.73. The van der Waals surface area contributed by atoms with Gasteiger partial charge in [0.05, 0.1) is 0 Å². The second-order valence-corrected chi connectivity index (χ2v) is 5.26. The molecule has 0 radical (unpaired) electrons. The van der Waals surface area contributed by atoms with Crippen LogP contribution in [0.2, 0.25) is 0 Å². The van der Waals surface area contributed by atoms with Crippen LogP contribution in [0.1, 0.15) is 30.3 Å². The van der Waals surface area contributed by atoms with Gasteiger partial charge in [-0.25, -0.2) is 4.79 Å². The minimum absolute atomic E-state index is 0.121. The van der Waals surface area contributed by atoms with Crippen molar-refractivity contribution in [1.29, 1.82) is 0 Å². The summed E-state index contributed by atoms with van der Waals surface area (Å²) >= 11 is 0. The smallest absolute Gasteiger partial charge is 0.355 e. The molecule has 5 heteroatoms. The maximum Gasteiger partial charge on any atom is 0.355 e. The fourth-order valence-electron chi connectivity index (χ4n) is 2.50. The average Bonchev–Trinajstić information content (AvgIpc) is 3.22. The molecule has 1 aliphatic carbocycles. The molecule has 0 atom stereocenters. The van der Waals surface area contributed by atoms with E-state index in [4.69, 9.17) is 4.74 Å². The van der Waals surface area contributed by atoms with Gasteiger partial charge in [-0.3, -0.25) is 4.79 Å². The summed E-state index contributed by atoms with van der Waals surface area (Å²) in [5.41, 5.74) is 1.25. The number of carbonyl (C=O) groups excluding carboxylic acids is 2. The molecule has 5 nitrogen and oxygen atoms in total. The maximum atomic E-state index is 12.0. The molecule has 1 fully saturated rings. The van der Waals surface area contributed by atoms with Gasteiger partial charge in [-0.2, -0.15) is 0 Å². The SMILES string of the molecule is CCN(C(=O)COC(=O)c1cc2ccccc2[nH]1)C1CC1. The number of fused-ring (bicyclic) bond motifs is 1. The van der Waals surface area contributed by atoms with Crippen molar-refractivity contribution >= 4 is 22.8 Å². The molecular weight excluding hydrogens is 268 g/mol. The first-order chi connectivity index (χ1) is 10.2. The molecule has 1 aliphatic rings. The lowest BCUT2D eigenvalue weighted by molar-refractivity contribution is -0.134. The van der Waals surface area contributed by atoms with Gasteiger partial charge >= 0.3 is 5.97 Å². The number of carbonyl (C=O) groups is 2. The van der Waals surface area contributed by atoms with Crippen molar-refractivity contribution in [2.24, 2.45) is 0 Å². The van der Waals surface area contributed by atoms with E-state index in [0.717, 1.165) is 23.7 Å². The summed E-state index contributed by atoms with van der Waals surface area (Å²) in [5, 5.41) is 0.948. The number of para-hydroxylation sites is 1. The van der Waals surface area contributed by atoms with Crippen LogP contribution >= 0.6 is 0 Å². The number of amides is 1. The number of benzene rings is 1. The number of H-pyrrole nitrogens is 1. The molecule has 0 saturated heterocycles. The number of rotatable bonds is 5. The van der Waals surface area contributed by atoms with Crippen LogP contribution in [-0.4, -0.2) is 41.0 Å². The highest BCUT2D eigenvalue weighted by Gasteiger charge is 2.31. The first kappa shape index (κ1) is 13.7. The number of nitrogens with zero attached hydrogens (tertiary/aromatic N) is 1. The number of esters is 1. The van der Waals surface area contributed by atoms with Crippen molar-refractivity contribution in [1.82, 2.24) is 9.88 Å². The lowest BCUT2D eigenvalue weighted by atomic mass is 10.2. The highest BCUT2D eigenvalue weighted by Crippen LogP contribution is 2.26. The standard InChI is InChI=1S/C16H18N2O3/c1-2-18(12-7-8-12)15(19)10-21-16(20)14-9-11-5-3-4-6-13(11)17-14/h3-6,9,12,17H,2,7-8,10H2,1H3. The minimum Gasteiger partial charge on any atom is -0.451 e. The molecule has 1 aromatic carbocycles. The van der Waals surface area contributed by atoms with Crippen LogP contribution in [0.15, 0.2) is 30.3 Å². The second-order valence-electron chi connectivity index (χ2n) is 5.26. The number of ether oxygens (including phenoxy) is 1. The molecule has 0 aliphatic heterocycles. The number of likely N-dealkylation sites (N-methyl/N-ethyl adjacent to an activating group) is 1. The first-order valence-corrected chi connectivity index (χ1v) is 7.23. The van der Waals surface area contributed by atoms with Crippen molar-refractivity contribution in [2.45, 2.75) is 25.8 Å². The predicted octanol–water partition coefficient (Wildman–Crippen LogP) is 2.34. The number of aromatic amines is 1. The highest BCUT2D eigenvalue weighted by molar-refractivity contribution is 5.95. The van der Waals surface area contributed by atoms with Crippen LogP contribution in [0.3, 0.4) is 0 Å². The number of hydrogen-bond acceptors (Lipinski definition) is 3. The number of nitrogens with one attached hydrogen (secondary N) is 1. The van der Waals surface area contributed by atoms with Gasteiger partial charge in [-0.15, -0.1) is 0 Å². The Kier molecular flexibility index (Phi) is 3.64. The fourth-order valence-corrected chi connectivity index (χ4v) is 2.50. The van der Waals surface area contributed by atoms with E-state index in [-0.39, 0.29) is 12.5 Å². The number of hydrogen-bond donors (Lipinski definition) is 1. The van der Waals surface area contributed by atoms with Crippen molar-refractivity contribution in [3.8, 4) is 0 Å². The molecular formula is C16H18N2O3. The van der Waals surface area contributed by atoms with Crippen LogP contribution in [0.25, 0.3) is 10.9 Å². The van der Waals surface area contributed by atoms with E-state index in [1.165, 1.54) is 0 Å². The molecule has 0 unspecified atom stereocenters. The van der Waals surface area contributed by atoms with E-state index in [9.17, 15) is 9.59 Å². The van der Waals surface area contributed by atoms with Crippen molar-refractivity contribution in [3.05, 3.63) is 36.0 Å². The van der Waals surface area contributed by atoms with Gasteiger partial charge < -0.3 is 14.6 Å². The van der Waals surface area contributed by atoms with Gasteiger partial charge in [0.25, 0.3) is 5.91 Å². The van der Waals surface area contributed by atoms with Crippen LogP contribution in [0.4, 0.5) is 0 Å². The highest BCUT2D eigenvalue weighted by atomic mass is 16.5. The van der Waals surface area contributed by atoms with Crippen LogP contribution in [0.5, 0.6) is 0 Å². The summed E-state index contributed by atoms with van der Waals surface area (Å²) in [5.74, 6) is -0.615. The Hall–Kier alpha value is -2.30. The molecule has 21 heavy (non-hydrogen) atoms. The van der Waals surface area contributed by atoms with Crippen LogP contribution < -0.4 is 0 Å². The summed E-state index contributed by atoms with van der Waals surface area (Å²) in [6.07, 6.45) is 2.10. The molecule has 1 saturated carbocycles. The Morgan fingerprint density at radius 2 is 2.10 bits per heavy atom. The third kappa shape index (κ3) is 2.91.